The van der Waals surface area contributed by atoms with Crippen LogP contribution in [-0.4, -0.2) is 19.6 Å². The normalized spacial score (nSPS) is 13.9. The highest BCUT2D eigenvalue weighted by Crippen LogP contribution is 1.89. The first kappa shape index (κ1) is 7.92. The van der Waals surface area contributed by atoms with Crippen LogP contribution in [0.25, 0.3) is 0 Å². The maximum Gasteiger partial charge on any atom is 0.00109 e. The first-order chi connectivity index (χ1) is 3.77. The summed E-state index contributed by atoms with van der Waals surface area (Å²) in [7, 11) is 1.96. The molecule has 50 valence electrons. The van der Waals surface area contributed by atoms with Crippen molar-refractivity contribution in [1.29, 1.82) is 0 Å². The molecule has 0 rings (SSSR count). The lowest BCUT2D eigenvalue weighted by molar-refractivity contribution is 0.601. The van der Waals surface area contributed by atoms with Crippen LogP contribution in [0, 0.1) is 0 Å². The van der Waals surface area contributed by atoms with Crippen LogP contribution < -0.4 is 11.1 Å². The predicted molar refractivity (Wildman–Crippen MR) is 36.8 cm³/mol. The van der Waals surface area contributed by atoms with Gasteiger partial charge in [0.05, 0.1) is 0 Å². The third-order valence-electron chi connectivity index (χ3n) is 1.09. The van der Waals surface area contributed by atoms with E-state index in [1.54, 1.807) is 0 Å². The van der Waals surface area contributed by atoms with Gasteiger partial charge in [-0.3, -0.25) is 0 Å². The van der Waals surface area contributed by atoms with E-state index in [1.807, 2.05) is 14.0 Å². The summed E-state index contributed by atoms with van der Waals surface area (Å²) in [5, 5.41) is 3.07. The SMILES string of the molecule is CNCCC[C@H](C)N. The van der Waals surface area contributed by atoms with E-state index in [1.165, 1.54) is 6.42 Å². The summed E-state index contributed by atoms with van der Waals surface area (Å²) in [6, 6.07) is 0.364. The van der Waals surface area contributed by atoms with E-state index in [0.717, 1.165) is 13.0 Å². The topological polar surface area (TPSA) is 38.0 Å². The summed E-state index contributed by atoms with van der Waals surface area (Å²) in [5.41, 5.74) is 5.51. The van der Waals surface area contributed by atoms with Gasteiger partial charge in [-0.25, -0.2) is 0 Å². The molecule has 0 radical (unpaired) electrons. The Bertz CT molecular complexity index is 43.8. The van der Waals surface area contributed by atoms with Gasteiger partial charge in [0.1, 0.15) is 0 Å². The van der Waals surface area contributed by atoms with Crippen molar-refractivity contribution in [3.8, 4) is 0 Å². The third kappa shape index (κ3) is 5.92. The van der Waals surface area contributed by atoms with Crippen LogP contribution in [0.5, 0.6) is 0 Å². The van der Waals surface area contributed by atoms with Gasteiger partial charge in [-0.1, -0.05) is 0 Å². The van der Waals surface area contributed by atoms with Crippen molar-refractivity contribution >= 4 is 0 Å². The van der Waals surface area contributed by atoms with Crippen molar-refractivity contribution < 1.29 is 0 Å². The van der Waals surface area contributed by atoms with Crippen molar-refractivity contribution in [3.05, 3.63) is 0 Å². The van der Waals surface area contributed by atoms with Crippen LogP contribution in [0.3, 0.4) is 0 Å². The lowest BCUT2D eigenvalue weighted by Gasteiger charge is -2.02. The van der Waals surface area contributed by atoms with Crippen LogP contribution in [-0.2, 0) is 0 Å². The Morgan fingerprint density at radius 1 is 1.62 bits per heavy atom. The van der Waals surface area contributed by atoms with Crippen molar-refractivity contribution in [3.63, 3.8) is 0 Å². The van der Waals surface area contributed by atoms with Gasteiger partial charge in [-0.15, -0.1) is 0 Å². The van der Waals surface area contributed by atoms with Crippen molar-refractivity contribution in [1.82, 2.24) is 5.32 Å². The van der Waals surface area contributed by atoms with Crippen molar-refractivity contribution in [2.24, 2.45) is 5.73 Å². The van der Waals surface area contributed by atoms with Crippen molar-refractivity contribution in [2.75, 3.05) is 13.6 Å². The van der Waals surface area contributed by atoms with Gasteiger partial charge >= 0.3 is 0 Å². The molecular formula is C6H16N2. The standard InChI is InChI=1S/C6H16N2/c1-6(7)4-3-5-8-2/h6,8H,3-5,7H2,1-2H3/t6-/m0/s1. The smallest absolute Gasteiger partial charge is 0.00109 e. The minimum atomic E-state index is 0.364. The molecule has 0 aromatic rings. The van der Waals surface area contributed by atoms with Crippen LogP contribution in [0.1, 0.15) is 19.8 Å². The van der Waals surface area contributed by atoms with Crippen molar-refractivity contribution in [2.45, 2.75) is 25.8 Å². The maximum atomic E-state index is 5.51. The molecule has 0 spiro atoms. The number of nitrogens with two attached hydrogens (primary N) is 1. The molecule has 0 unspecified atom stereocenters. The Morgan fingerprint density at radius 3 is 2.62 bits per heavy atom. The molecule has 2 nitrogen and oxygen atoms in total. The summed E-state index contributed by atoms with van der Waals surface area (Å²) < 4.78 is 0. The first-order valence-corrected chi connectivity index (χ1v) is 3.17. The maximum absolute atomic E-state index is 5.51. The predicted octanol–water partition coefficient (Wildman–Crippen LogP) is 0.333. The summed E-state index contributed by atoms with van der Waals surface area (Å²) in [5.74, 6) is 0. The molecule has 0 aliphatic carbocycles. The van der Waals surface area contributed by atoms with Crippen LogP contribution in [0.2, 0.25) is 0 Å². The van der Waals surface area contributed by atoms with E-state index in [9.17, 15) is 0 Å². The quantitative estimate of drug-likeness (QED) is 0.520. The van der Waals surface area contributed by atoms with E-state index >= 15 is 0 Å². The van der Waals surface area contributed by atoms with Gasteiger partial charge in [0.2, 0.25) is 0 Å². The second kappa shape index (κ2) is 5.06. The molecule has 0 aromatic heterocycles. The molecule has 8 heavy (non-hydrogen) atoms. The number of nitrogens with one attached hydrogen (secondary N) is 1. The number of rotatable bonds is 4. The highest BCUT2D eigenvalue weighted by Gasteiger charge is 1.90. The number of hydrogen-bond acceptors (Lipinski definition) is 2. The second-order valence-electron chi connectivity index (χ2n) is 2.22. The molecule has 0 aromatic carbocycles. The van der Waals surface area contributed by atoms with Gasteiger partial charge in [-0.2, -0.15) is 0 Å². The van der Waals surface area contributed by atoms with Crippen LogP contribution in [0.15, 0.2) is 0 Å². The lowest BCUT2D eigenvalue weighted by Crippen LogP contribution is -2.17. The van der Waals surface area contributed by atoms with Gasteiger partial charge in [0.25, 0.3) is 0 Å². The molecule has 0 aliphatic heterocycles. The fourth-order valence-electron chi connectivity index (χ4n) is 0.601. The average Bonchev–Trinajstić information content (AvgIpc) is 1.66. The summed E-state index contributed by atoms with van der Waals surface area (Å²) in [6.45, 7) is 3.12. The summed E-state index contributed by atoms with van der Waals surface area (Å²) in [4.78, 5) is 0. The molecule has 1 atom stereocenters. The monoisotopic (exact) mass is 116 g/mol. The number of hydrogen-bond donors (Lipinski definition) is 2. The van der Waals surface area contributed by atoms with Gasteiger partial charge < -0.3 is 11.1 Å². The summed E-state index contributed by atoms with van der Waals surface area (Å²) in [6.07, 6.45) is 2.31. The zero-order valence-electron chi connectivity index (χ0n) is 5.78. The zero-order chi connectivity index (χ0) is 6.41. The Hall–Kier alpha value is -0.0800. The average molecular weight is 116 g/mol. The van der Waals surface area contributed by atoms with E-state index in [2.05, 4.69) is 5.32 Å². The molecule has 0 saturated heterocycles. The lowest BCUT2D eigenvalue weighted by atomic mass is 10.2. The molecule has 3 N–H and O–H groups in total. The fourth-order valence-corrected chi connectivity index (χ4v) is 0.601. The minimum Gasteiger partial charge on any atom is -0.328 e. The third-order valence-corrected chi connectivity index (χ3v) is 1.09. The fraction of sp³-hybridized carbons (Fsp3) is 1.00. The molecule has 0 aliphatic rings. The van der Waals surface area contributed by atoms with E-state index in [-0.39, 0.29) is 0 Å². The summed E-state index contributed by atoms with van der Waals surface area (Å²) >= 11 is 0. The van der Waals surface area contributed by atoms with Crippen LogP contribution in [0.4, 0.5) is 0 Å². The molecule has 0 heterocycles. The van der Waals surface area contributed by atoms with Gasteiger partial charge in [-0.05, 0) is 33.4 Å². The molecule has 0 fully saturated rings. The van der Waals surface area contributed by atoms with Gasteiger partial charge in [0.15, 0.2) is 0 Å². The highest BCUT2D eigenvalue weighted by molar-refractivity contribution is 4.52. The Kier molecular flexibility index (Phi) is 5.01. The van der Waals surface area contributed by atoms with Crippen LogP contribution >= 0.6 is 0 Å². The first-order valence-electron chi connectivity index (χ1n) is 3.17. The molecule has 0 saturated carbocycles. The molecular weight excluding hydrogens is 100 g/mol. The molecule has 0 bridgehead atoms. The Labute approximate surface area is 51.5 Å². The Morgan fingerprint density at radius 2 is 2.25 bits per heavy atom. The van der Waals surface area contributed by atoms with E-state index in [4.69, 9.17) is 5.73 Å². The minimum absolute atomic E-state index is 0.364. The molecule has 2 heteroatoms. The second-order valence-corrected chi connectivity index (χ2v) is 2.22. The highest BCUT2D eigenvalue weighted by atomic mass is 14.8. The van der Waals surface area contributed by atoms with E-state index < -0.39 is 0 Å². The van der Waals surface area contributed by atoms with E-state index in [0.29, 0.717) is 6.04 Å². The van der Waals surface area contributed by atoms with Gasteiger partial charge in [0, 0.05) is 6.04 Å². The zero-order valence-corrected chi connectivity index (χ0v) is 5.78. The Balaban J connectivity index is 2.72. The largest absolute Gasteiger partial charge is 0.328 e. The molecule has 0 amide bonds.